The van der Waals surface area contributed by atoms with E-state index in [1.54, 1.807) is 43.5 Å². The Balaban J connectivity index is 1.66. The van der Waals surface area contributed by atoms with Crippen molar-refractivity contribution in [3.63, 3.8) is 0 Å². The molecule has 3 rings (SSSR count). The number of amides is 2. The highest BCUT2D eigenvalue weighted by molar-refractivity contribution is 5.94. The summed E-state index contributed by atoms with van der Waals surface area (Å²) in [5.41, 5.74) is 2.10. The molecule has 0 aliphatic carbocycles. The van der Waals surface area contributed by atoms with Crippen molar-refractivity contribution in [2.45, 2.75) is 12.8 Å². The Bertz CT molecular complexity index is 756. The van der Waals surface area contributed by atoms with Crippen molar-refractivity contribution in [3.8, 4) is 11.5 Å². The molecule has 0 saturated heterocycles. The van der Waals surface area contributed by atoms with Crippen molar-refractivity contribution in [3.05, 3.63) is 48.0 Å². The van der Waals surface area contributed by atoms with E-state index >= 15 is 0 Å². The van der Waals surface area contributed by atoms with Crippen LogP contribution in [0.5, 0.6) is 11.5 Å². The number of hydrogen-bond donors (Lipinski definition) is 2. The van der Waals surface area contributed by atoms with Crippen LogP contribution in [0.4, 0.5) is 11.4 Å². The standard InChI is InChI=1S/C18H18N2O4/c1-23-14-5-3-13(4-6-14)19-18(22)11-12-2-7-16-15(10-12)20-17(21)8-9-24-16/h2-7,10H,8-9,11H2,1H3,(H,19,22)(H,20,21). The molecule has 0 atom stereocenters. The maximum absolute atomic E-state index is 12.2. The molecule has 2 aromatic carbocycles. The largest absolute Gasteiger partial charge is 0.497 e. The van der Waals surface area contributed by atoms with E-state index in [0.29, 0.717) is 30.2 Å². The molecule has 6 heteroatoms. The fourth-order valence-electron chi connectivity index (χ4n) is 2.44. The molecule has 0 fully saturated rings. The van der Waals surface area contributed by atoms with Gasteiger partial charge in [0.1, 0.15) is 11.5 Å². The van der Waals surface area contributed by atoms with Gasteiger partial charge >= 0.3 is 0 Å². The Morgan fingerprint density at radius 2 is 2.04 bits per heavy atom. The fourth-order valence-corrected chi connectivity index (χ4v) is 2.44. The number of carbonyl (C=O) groups excluding carboxylic acids is 2. The third kappa shape index (κ3) is 3.84. The van der Waals surface area contributed by atoms with Crippen LogP contribution in [0.25, 0.3) is 0 Å². The van der Waals surface area contributed by atoms with Crippen LogP contribution in [0.3, 0.4) is 0 Å². The van der Waals surface area contributed by atoms with Gasteiger partial charge in [0.05, 0.1) is 32.2 Å². The summed E-state index contributed by atoms with van der Waals surface area (Å²) in [4.78, 5) is 23.8. The van der Waals surface area contributed by atoms with Gasteiger partial charge in [0.25, 0.3) is 0 Å². The van der Waals surface area contributed by atoms with Crippen LogP contribution in [0, 0.1) is 0 Å². The summed E-state index contributed by atoms with van der Waals surface area (Å²) in [5, 5.41) is 5.62. The van der Waals surface area contributed by atoms with Gasteiger partial charge < -0.3 is 20.1 Å². The number of carbonyl (C=O) groups is 2. The molecule has 2 amide bonds. The maximum Gasteiger partial charge on any atom is 0.228 e. The lowest BCUT2D eigenvalue weighted by atomic mass is 10.1. The smallest absolute Gasteiger partial charge is 0.228 e. The Morgan fingerprint density at radius 3 is 2.79 bits per heavy atom. The normalized spacial score (nSPS) is 13.1. The number of fused-ring (bicyclic) bond motifs is 1. The summed E-state index contributed by atoms with van der Waals surface area (Å²) >= 11 is 0. The SMILES string of the molecule is COc1ccc(NC(=O)Cc2ccc3c(c2)NC(=O)CCO3)cc1. The lowest BCUT2D eigenvalue weighted by Gasteiger charge is -2.10. The highest BCUT2D eigenvalue weighted by atomic mass is 16.5. The van der Waals surface area contributed by atoms with E-state index in [0.717, 1.165) is 11.3 Å². The first-order chi connectivity index (χ1) is 11.6. The number of ether oxygens (including phenoxy) is 2. The van der Waals surface area contributed by atoms with E-state index in [4.69, 9.17) is 9.47 Å². The van der Waals surface area contributed by atoms with Crippen LogP contribution in [-0.2, 0) is 16.0 Å². The summed E-state index contributed by atoms with van der Waals surface area (Å²) in [6, 6.07) is 12.5. The first-order valence-corrected chi connectivity index (χ1v) is 7.63. The van der Waals surface area contributed by atoms with Crippen molar-refractivity contribution >= 4 is 23.2 Å². The van der Waals surface area contributed by atoms with Crippen molar-refractivity contribution in [2.75, 3.05) is 24.4 Å². The average molecular weight is 326 g/mol. The van der Waals surface area contributed by atoms with Crippen molar-refractivity contribution in [1.29, 1.82) is 0 Å². The van der Waals surface area contributed by atoms with Crippen LogP contribution < -0.4 is 20.1 Å². The Kier molecular flexibility index (Phi) is 4.65. The van der Waals surface area contributed by atoms with Crippen LogP contribution in [0.15, 0.2) is 42.5 Å². The van der Waals surface area contributed by atoms with E-state index in [-0.39, 0.29) is 18.2 Å². The first-order valence-electron chi connectivity index (χ1n) is 7.63. The maximum atomic E-state index is 12.2. The number of methoxy groups -OCH3 is 1. The van der Waals surface area contributed by atoms with Gasteiger partial charge in [0, 0.05) is 5.69 Å². The van der Waals surface area contributed by atoms with Gasteiger partial charge in [-0.05, 0) is 42.0 Å². The number of nitrogens with one attached hydrogen (secondary N) is 2. The molecule has 2 aromatic rings. The summed E-state index contributed by atoms with van der Waals surface area (Å²) in [7, 11) is 1.59. The average Bonchev–Trinajstić information content (AvgIpc) is 2.75. The zero-order chi connectivity index (χ0) is 16.9. The third-order valence-electron chi connectivity index (χ3n) is 3.64. The molecule has 1 aliphatic heterocycles. The molecule has 1 aliphatic rings. The third-order valence-corrected chi connectivity index (χ3v) is 3.64. The van der Waals surface area contributed by atoms with E-state index < -0.39 is 0 Å². The van der Waals surface area contributed by atoms with Crippen LogP contribution in [-0.4, -0.2) is 25.5 Å². The predicted molar refractivity (Wildman–Crippen MR) is 90.5 cm³/mol. The zero-order valence-electron chi connectivity index (χ0n) is 13.3. The second kappa shape index (κ2) is 7.04. The van der Waals surface area contributed by atoms with Crippen LogP contribution in [0.2, 0.25) is 0 Å². The molecule has 0 unspecified atom stereocenters. The van der Waals surface area contributed by atoms with E-state index in [1.165, 1.54) is 0 Å². The molecule has 6 nitrogen and oxygen atoms in total. The van der Waals surface area contributed by atoms with E-state index in [1.807, 2.05) is 6.07 Å². The van der Waals surface area contributed by atoms with E-state index in [9.17, 15) is 9.59 Å². The van der Waals surface area contributed by atoms with Crippen LogP contribution in [0.1, 0.15) is 12.0 Å². The molecule has 124 valence electrons. The monoisotopic (exact) mass is 326 g/mol. The molecular formula is C18H18N2O4. The second-order valence-electron chi connectivity index (χ2n) is 5.43. The number of rotatable bonds is 4. The number of hydrogen-bond acceptors (Lipinski definition) is 4. The predicted octanol–water partition coefficient (Wildman–Crippen LogP) is 2.60. The van der Waals surface area contributed by atoms with Gasteiger partial charge in [0.15, 0.2) is 0 Å². The fraction of sp³-hybridized carbons (Fsp3) is 0.222. The van der Waals surface area contributed by atoms with Gasteiger partial charge in [-0.1, -0.05) is 6.07 Å². The minimum atomic E-state index is -0.138. The summed E-state index contributed by atoms with van der Waals surface area (Å²) in [6.45, 7) is 0.357. The molecule has 2 N–H and O–H groups in total. The van der Waals surface area contributed by atoms with Crippen LogP contribution >= 0.6 is 0 Å². The molecule has 0 radical (unpaired) electrons. The van der Waals surface area contributed by atoms with Crippen molar-refractivity contribution in [1.82, 2.24) is 0 Å². The molecule has 1 heterocycles. The zero-order valence-corrected chi connectivity index (χ0v) is 13.3. The molecule has 0 bridgehead atoms. The molecular weight excluding hydrogens is 308 g/mol. The quantitative estimate of drug-likeness (QED) is 0.905. The van der Waals surface area contributed by atoms with Gasteiger partial charge in [0.2, 0.25) is 11.8 Å². The molecule has 0 saturated carbocycles. The number of benzene rings is 2. The first kappa shape index (κ1) is 15.9. The Morgan fingerprint density at radius 1 is 1.25 bits per heavy atom. The molecule has 0 aromatic heterocycles. The van der Waals surface area contributed by atoms with Crippen molar-refractivity contribution in [2.24, 2.45) is 0 Å². The number of anilines is 2. The lowest BCUT2D eigenvalue weighted by molar-refractivity contribution is -0.116. The Labute approximate surface area is 139 Å². The topological polar surface area (TPSA) is 76.7 Å². The summed E-state index contributed by atoms with van der Waals surface area (Å²) in [6.07, 6.45) is 0.525. The minimum Gasteiger partial charge on any atom is -0.497 e. The van der Waals surface area contributed by atoms with Gasteiger partial charge in [-0.15, -0.1) is 0 Å². The molecule has 0 spiro atoms. The van der Waals surface area contributed by atoms with E-state index in [2.05, 4.69) is 10.6 Å². The summed E-state index contributed by atoms with van der Waals surface area (Å²) < 4.78 is 10.6. The molecule has 24 heavy (non-hydrogen) atoms. The highest BCUT2D eigenvalue weighted by Gasteiger charge is 2.15. The van der Waals surface area contributed by atoms with Crippen molar-refractivity contribution < 1.29 is 19.1 Å². The van der Waals surface area contributed by atoms with Gasteiger partial charge in [-0.2, -0.15) is 0 Å². The van der Waals surface area contributed by atoms with Gasteiger partial charge in [-0.25, -0.2) is 0 Å². The Hall–Kier alpha value is -3.02. The highest BCUT2D eigenvalue weighted by Crippen LogP contribution is 2.28. The second-order valence-corrected chi connectivity index (χ2v) is 5.43. The minimum absolute atomic E-state index is 0.0893. The summed E-state index contributed by atoms with van der Waals surface area (Å²) in [5.74, 6) is 1.13. The van der Waals surface area contributed by atoms with Gasteiger partial charge in [-0.3, -0.25) is 9.59 Å². The lowest BCUT2D eigenvalue weighted by Crippen LogP contribution is -2.14.